The molecule has 0 unspecified atom stereocenters. The summed E-state index contributed by atoms with van der Waals surface area (Å²) in [6.45, 7) is 1.07. The minimum atomic E-state index is -1.09. The number of nitrogens with two attached hydrogens (primary N) is 1. The van der Waals surface area contributed by atoms with E-state index in [1.54, 1.807) is 0 Å². The molecule has 2 atom stereocenters. The van der Waals surface area contributed by atoms with Crippen molar-refractivity contribution in [3.63, 3.8) is 0 Å². The molecule has 0 aromatic carbocycles. The normalized spacial score (nSPS) is 24.2. The molecule has 19 heavy (non-hydrogen) atoms. The number of hydrogen-bond donors (Lipinski definition) is 1. The molecule has 1 fully saturated rings. The Balaban J connectivity index is 2.17. The highest BCUT2D eigenvalue weighted by Gasteiger charge is 2.30. The highest BCUT2D eigenvalue weighted by molar-refractivity contribution is 9.10. The third-order valence-electron chi connectivity index (χ3n) is 3.06. The second-order valence-electron chi connectivity index (χ2n) is 4.59. The average molecular weight is 332 g/mol. The number of hydrogen-bond acceptors (Lipinski definition) is 4. The van der Waals surface area contributed by atoms with E-state index in [2.05, 4.69) is 20.9 Å². The molecule has 2 rings (SSSR count). The van der Waals surface area contributed by atoms with Crippen LogP contribution in [0.5, 0.6) is 5.75 Å². The molecule has 0 aliphatic carbocycles. The largest absolute Gasteiger partial charge is 0.485 e. The number of ether oxygens (including phenoxy) is 1. The van der Waals surface area contributed by atoms with Crippen LogP contribution in [0.1, 0.15) is 16.8 Å². The van der Waals surface area contributed by atoms with E-state index in [1.165, 1.54) is 12.3 Å². The number of nitrogens with zero attached hydrogens (tertiary/aromatic N) is 2. The van der Waals surface area contributed by atoms with Gasteiger partial charge in [-0.3, -0.25) is 4.79 Å². The molecule has 2 heterocycles. The van der Waals surface area contributed by atoms with E-state index in [0.717, 1.165) is 6.54 Å². The van der Waals surface area contributed by atoms with Gasteiger partial charge in [-0.15, -0.1) is 0 Å². The first-order chi connectivity index (χ1) is 8.97. The maximum Gasteiger partial charge on any atom is 0.252 e. The van der Waals surface area contributed by atoms with Gasteiger partial charge in [-0.2, -0.15) is 0 Å². The fourth-order valence-electron chi connectivity index (χ4n) is 2.03. The van der Waals surface area contributed by atoms with Gasteiger partial charge in [-0.25, -0.2) is 9.37 Å². The highest BCUT2D eigenvalue weighted by Crippen LogP contribution is 2.25. The van der Waals surface area contributed by atoms with Crippen LogP contribution in [0.4, 0.5) is 4.39 Å². The number of likely N-dealkylation sites (tertiary alicyclic amines) is 1. The standard InChI is InChI=1S/C12H15BrFN3O2/c1-17-3-2-9(8(14)6-17)19-10-5-16-11(13)4-7(10)12(15)18/h4-5,8-9H,2-3,6H2,1H3,(H2,15,18)/t8-,9+/m0/s1. The van der Waals surface area contributed by atoms with Crippen molar-refractivity contribution in [1.29, 1.82) is 0 Å². The van der Waals surface area contributed by atoms with Crippen molar-refractivity contribution in [2.24, 2.45) is 5.73 Å². The summed E-state index contributed by atoms with van der Waals surface area (Å²) in [6.07, 6.45) is 0.279. The van der Waals surface area contributed by atoms with E-state index in [9.17, 15) is 9.18 Å². The molecule has 1 aliphatic heterocycles. The lowest BCUT2D eigenvalue weighted by atomic mass is 10.1. The molecule has 0 saturated carbocycles. The number of rotatable bonds is 3. The molecule has 0 bridgehead atoms. The van der Waals surface area contributed by atoms with Crippen LogP contribution >= 0.6 is 15.9 Å². The number of carbonyl (C=O) groups excluding carboxylic acids is 1. The maximum atomic E-state index is 13.9. The topological polar surface area (TPSA) is 68.4 Å². The van der Waals surface area contributed by atoms with E-state index >= 15 is 0 Å². The number of primary amides is 1. The minimum absolute atomic E-state index is 0.202. The first kappa shape index (κ1) is 14.2. The Morgan fingerprint density at radius 1 is 1.68 bits per heavy atom. The molecule has 104 valence electrons. The fourth-order valence-corrected chi connectivity index (χ4v) is 2.37. The van der Waals surface area contributed by atoms with E-state index in [0.29, 0.717) is 17.6 Å². The van der Waals surface area contributed by atoms with Gasteiger partial charge >= 0.3 is 0 Å². The van der Waals surface area contributed by atoms with Crippen LogP contribution in [-0.2, 0) is 0 Å². The SMILES string of the molecule is CN1CC[C@@H](Oc2cnc(Br)cc2C(N)=O)[C@@H](F)C1. The van der Waals surface area contributed by atoms with E-state index < -0.39 is 18.2 Å². The van der Waals surface area contributed by atoms with Crippen molar-refractivity contribution in [2.75, 3.05) is 20.1 Å². The first-order valence-corrected chi connectivity index (χ1v) is 6.71. The minimum Gasteiger partial charge on any atom is -0.485 e. The molecule has 0 radical (unpaired) electrons. The third kappa shape index (κ3) is 3.42. The van der Waals surface area contributed by atoms with Gasteiger partial charge in [-0.05, 0) is 35.5 Å². The van der Waals surface area contributed by atoms with Gasteiger partial charge in [0.2, 0.25) is 0 Å². The summed E-state index contributed by atoms with van der Waals surface area (Å²) >= 11 is 3.15. The van der Waals surface area contributed by atoms with Crippen LogP contribution in [-0.4, -0.2) is 48.2 Å². The maximum absolute atomic E-state index is 13.9. The molecule has 2 N–H and O–H groups in total. The third-order valence-corrected chi connectivity index (χ3v) is 3.50. The van der Waals surface area contributed by atoms with Crippen LogP contribution in [0, 0.1) is 0 Å². The summed E-state index contributed by atoms with van der Waals surface area (Å²) < 4.78 is 19.9. The second-order valence-corrected chi connectivity index (χ2v) is 5.40. The predicted octanol–water partition coefficient (Wildman–Crippen LogP) is 1.36. The summed E-state index contributed by atoms with van der Waals surface area (Å²) in [6, 6.07) is 1.47. The van der Waals surface area contributed by atoms with Crippen LogP contribution in [0.15, 0.2) is 16.9 Å². The Hall–Kier alpha value is -1.21. The van der Waals surface area contributed by atoms with Gasteiger partial charge in [-0.1, -0.05) is 0 Å². The van der Waals surface area contributed by atoms with Crippen LogP contribution in [0.25, 0.3) is 0 Å². The van der Waals surface area contributed by atoms with Crippen molar-refractivity contribution >= 4 is 21.8 Å². The average Bonchev–Trinajstić information content (AvgIpc) is 2.34. The zero-order valence-corrected chi connectivity index (χ0v) is 12.1. The van der Waals surface area contributed by atoms with Gasteiger partial charge in [0.05, 0.1) is 11.8 Å². The highest BCUT2D eigenvalue weighted by atomic mass is 79.9. The molecule has 1 amide bonds. The quantitative estimate of drug-likeness (QED) is 0.849. The van der Waals surface area contributed by atoms with Crippen LogP contribution in [0.3, 0.4) is 0 Å². The van der Waals surface area contributed by atoms with Gasteiger partial charge in [0.1, 0.15) is 16.9 Å². The monoisotopic (exact) mass is 331 g/mol. The molecule has 1 aromatic rings. The molecular weight excluding hydrogens is 317 g/mol. The van der Waals surface area contributed by atoms with Gasteiger partial charge in [0.15, 0.2) is 5.75 Å². The molecule has 5 nitrogen and oxygen atoms in total. The summed E-state index contributed by atoms with van der Waals surface area (Å²) in [5.41, 5.74) is 5.48. The van der Waals surface area contributed by atoms with Gasteiger partial charge < -0.3 is 15.4 Å². The molecule has 0 spiro atoms. The number of pyridine rings is 1. The number of aromatic nitrogens is 1. The number of piperidine rings is 1. The fraction of sp³-hybridized carbons (Fsp3) is 0.500. The molecule has 1 aromatic heterocycles. The van der Waals surface area contributed by atoms with E-state index in [4.69, 9.17) is 10.5 Å². The van der Waals surface area contributed by atoms with Crippen molar-refractivity contribution in [2.45, 2.75) is 18.7 Å². The number of amides is 1. The molecular formula is C12H15BrFN3O2. The Morgan fingerprint density at radius 3 is 3.05 bits per heavy atom. The number of halogens is 2. The van der Waals surface area contributed by atoms with Gasteiger partial charge in [0.25, 0.3) is 5.91 Å². The summed E-state index contributed by atoms with van der Waals surface area (Å²) in [5, 5.41) is 0. The lowest BCUT2D eigenvalue weighted by Gasteiger charge is -2.32. The van der Waals surface area contributed by atoms with Crippen LogP contribution < -0.4 is 10.5 Å². The van der Waals surface area contributed by atoms with Crippen molar-refractivity contribution < 1.29 is 13.9 Å². The smallest absolute Gasteiger partial charge is 0.252 e. The van der Waals surface area contributed by atoms with Crippen LogP contribution in [0.2, 0.25) is 0 Å². The lowest BCUT2D eigenvalue weighted by molar-refractivity contribution is 0.0305. The Bertz CT molecular complexity index is 486. The number of carbonyl (C=O) groups is 1. The molecule has 1 saturated heterocycles. The summed E-state index contributed by atoms with van der Waals surface area (Å²) in [5.74, 6) is -0.394. The Labute approximate surface area is 119 Å². The van der Waals surface area contributed by atoms with E-state index in [-0.39, 0.29) is 11.3 Å². The zero-order valence-electron chi connectivity index (χ0n) is 10.5. The summed E-state index contributed by atoms with van der Waals surface area (Å²) in [7, 11) is 1.86. The summed E-state index contributed by atoms with van der Waals surface area (Å²) in [4.78, 5) is 17.2. The predicted molar refractivity (Wildman–Crippen MR) is 71.9 cm³/mol. The Kier molecular flexibility index (Phi) is 4.36. The van der Waals surface area contributed by atoms with Crippen molar-refractivity contribution in [3.8, 4) is 5.75 Å². The van der Waals surface area contributed by atoms with Crippen molar-refractivity contribution in [1.82, 2.24) is 9.88 Å². The lowest BCUT2D eigenvalue weighted by Crippen LogP contribution is -2.45. The van der Waals surface area contributed by atoms with Gasteiger partial charge in [0, 0.05) is 13.1 Å². The molecule has 1 aliphatic rings. The van der Waals surface area contributed by atoms with Crippen molar-refractivity contribution in [3.05, 3.63) is 22.4 Å². The molecule has 7 heteroatoms. The number of alkyl halides is 1. The second kappa shape index (κ2) is 5.83. The van der Waals surface area contributed by atoms with E-state index in [1.807, 2.05) is 11.9 Å². The zero-order chi connectivity index (χ0) is 14.0. The first-order valence-electron chi connectivity index (χ1n) is 5.92. The Morgan fingerprint density at radius 2 is 2.42 bits per heavy atom.